The molecule has 22 heteroatoms. The number of ether oxygens (including phenoxy) is 2. The molecule has 1 aliphatic heterocycles. The summed E-state index contributed by atoms with van der Waals surface area (Å²) in [6.45, 7) is 4.96. The summed E-state index contributed by atoms with van der Waals surface area (Å²) in [5.74, 6) is -4.49. The van der Waals surface area contributed by atoms with Crippen LogP contribution < -0.4 is 20.7 Å². The Labute approximate surface area is 392 Å². The van der Waals surface area contributed by atoms with Crippen molar-refractivity contribution in [2.45, 2.75) is 95.8 Å². The third-order valence-corrected chi connectivity index (χ3v) is 11.7. The van der Waals surface area contributed by atoms with Gasteiger partial charge in [-0.3, -0.25) is 44.3 Å². The van der Waals surface area contributed by atoms with Gasteiger partial charge in [-0.2, -0.15) is 0 Å². The van der Waals surface area contributed by atoms with Gasteiger partial charge >= 0.3 is 17.3 Å². The van der Waals surface area contributed by atoms with Crippen LogP contribution in [0.5, 0.6) is 5.75 Å². The van der Waals surface area contributed by atoms with E-state index in [4.69, 9.17) is 15.2 Å². The molecule has 1 aliphatic rings. The number of likely N-dealkylation sites (N-methyl/N-ethyl adjacent to an activating group) is 1. The Balaban J connectivity index is 0.00000980. The Morgan fingerprint density at radius 2 is 1.67 bits per heavy atom. The molecule has 0 unspecified atom stereocenters. The Bertz CT molecular complexity index is 2350. The van der Waals surface area contributed by atoms with Crippen LogP contribution in [-0.4, -0.2) is 121 Å². The third kappa shape index (κ3) is 12.7. The number of H-pyrrole nitrogens is 1. The van der Waals surface area contributed by atoms with Crippen LogP contribution in [0.15, 0.2) is 85.3 Å². The van der Waals surface area contributed by atoms with Crippen molar-refractivity contribution in [2.75, 3.05) is 25.6 Å². The number of hydrogen-bond donors (Lipinski definition) is 4. The van der Waals surface area contributed by atoms with Gasteiger partial charge in [0.1, 0.15) is 36.2 Å². The number of nitro benzene ring substituents is 2. The number of nitro groups is 2. The molecule has 5 rings (SSSR count). The van der Waals surface area contributed by atoms with Crippen LogP contribution in [0.4, 0.5) is 17.1 Å². The molecule has 1 aromatic heterocycles. The predicted molar refractivity (Wildman–Crippen MR) is 246 cm³/mol. The van der Waals surface area contributed by atoms with E-state index in [2.05, 4.69) is 15.3 Å². The molecule has 67 heavy (non-hydrogen) atoms. The highest BCUT2D eigenvalue weighted by atomic mass is 35.5. The lowest BCUT2D eigenvalue weighted by Crippen LogP contribution is -2.62. The number of aromatic amines is 1. The maximum atomic E-state index is 15.4. The molecule has 2 heterocycles. The minimum absolute atomic E-state index is 0. The lowest BCUT2D eigenvalue weighted by atomic mass is 9.94. The van der Waals surface area contributed by atoms with Crippen molar-refractivity contribution in [2.24, 2.45) is 11.7 Å². The average molecular weight is 950 g/mol. The van der Waals surface area contributed by atoms with Crippen molar-refractivity contribution >= 4 is 59.1 Å². The summed E-state index contributed by atoms with van der Waals surface area (Å²) in [4.78, 5) is 104. The van der Waals surface area contributed by atoms with Crippen molar-refractivity contribution in [1.29, 1.82) is 0 Å². The van der Waals surface area contributed by atoms with Crippen LogP contribution in [0.3, 0.4) is 0 Å². The van der Waals surface area contributed by atoms with Crippen molar-refractivity contribution in [3.05, 3.63) is 122 Å². The molecule has 7 atom stereocenters. The Hall–Kier alpha value is -6.97. The van der Waals surface area contributed by atoms with Gasteiger partial charge in [0.2, 0.25) is 17.7 Å². The molecule has 3 aromatic carbocycles. The van der Waals surface area contributed by atoms with Crippen molar-refractivity contribution in [1.82, 2.24) is 25.1 Å². The number of benzene rings is 3. The summed E-state index contributed by atoms with van der Waals surface area (Å²) >= 11 is 0. The second-order valence-electron chi connectivity index (χ2n) is 16.1. The number of amides is 4. The number of aliphatic hydroxyl groups is 1. The van der Waals surface area contributed by atoms with Gasteiger partial charge in [0, 0.05) is 32.3 Å². The standard InChI is InChI=1S/C45H55N9O12.ClH/c1-6-27(2)38(49-41(56)33(46)22-29-17-19-32(20-18-29)66-25-30-12-8-7-9-13-30)44(59)52(34-14-10-15-35(53(61)62)40(34)54(63)64)37(23-31-24-47-26-48-31)43(58)51-21-11-16-36(51)42(57)50(4)39(28(3)55)45(60)65-5;/h7-10,12-15,17-20,24,26-28,33,36-39,55H,6,11,16,21-23,25,46H2,1-5H3,(H,47,48)(H,49,56);1H/t27-,28+,33-,36-,37-,38-,39-;/m0./s1. The summed E-state index contributed by atoms with van der Waals surface area (Å²) in [5.41, 5.74) is 5.57. The number of nitrogens with one attached hydrogen (secondary N) is 2. The monoisotopic (exact) mass is 949 g/mol. The van der Waals surface area contributed by atoms with Crippen molar-refractivity contribution in [3.63, 3.8) is 0 Å². The zero-order valence-electron chi connectivity index (χ0n) is 37.7. The van der Waals surface area contributed by atoms with Gasteiger partial charge in [-0.25, -0.2) is 9.78 Å². The zero-order valence-corrected chi connectivity index (χ0v) is 38.5. The predicted octanol–water partition coefficient (Wildman–Crippen LogP) is 3.64. The van der Waals surface area contributed by atoms with Crippen LogP contribution in [0.1, 0.15) is 56.9 Å². The second-order valence-corrected chi connectivity index (χ2v) is 16.1. The first-order chi connectivity index (χ1) is 31.5. The molecule has 1 fully saturated rings. The number of imidazole rings is 1. The van der Waals surface area contributed by atoms with Gasteiger partial charge in [0.15, 0.2) is 6.04 Å². The van der Waals surface area contributed by atoms with E-state index < -0.39 is 105 Å². The van der Waals surface area contributed by atoms with E-state index in [1.54, 1.807) is 38.1 Å². The molecule has 4 amide bonds. The smallest absolute Gasteiger partial charge is 0.369 e. The van der Waals surface area contributed by atoms with Gasteiger partial charge in [0.05, 0.1) is 41.1 Å². The lowest BCUT2D eigenvalue weighted by Gasteiger charge is -2.38. The SMILES string of the molecule is CC[C@H](C)[C@H](NC(=O)[C@@H](N)Cc1ccc(OCc2ccccc2)cc1)C(=O)N(c1cccc([N+](=O)[O-])c1[N+](=O)[O-])[C@@H](Cc1c[nH]cn1)C(=O)N1CCC[C@H]1C(=O)N(C)[C@H](C(=O)OC)[C@@H](C)O.Cl. The molecule has 21 nitrogen and oxygen atoms in total. The molecule has 1 saturated heterocycles. The first-order valence-corrected chi connectivity index (χ1v) is 21.4. The Kier molecular flexibility index (Phi) is 18.9. The molecule has 0 spiro atoms. The molecule has 360 valence electrons. The number of carbonyl (C=O) groups excluding carboxylic acids is 5. The number of aliphatic hydroxyl groups excluding tert-OH is 1. The summed E-state index contributed by atoms with van der Waals surface area (Å²) in [6.07, 6.45) is 1.58. The fourth-order valence-electron chi connectivity index (χ4n) is 7.93. The molecule has 0 aliphatic carbocycles. The maximum Gasteiger partial charge on any atom is 0.369 e. The molecule has 0 radical (unpaired) electrons. The summed E-state index contributed by atoms with van der Waals surface area (Å²) in [7, 11) is 2.35. The number of hydrogen-bond acceptors (Lipinski definition) is 14. The minimum atomic E-state index is -1.77. The van der Waals surface area contributed by atoms with Crippen molar-refractivity contribution < 1.29 is 48.4 Å². The van der Waals surface area contributed by atoms with E-state index in [9.17, 15) is 39.7 Å². The van der Waals surface area contributed by atoms with Crippen LogP contribution >= 0.6 is 12.4 Å². The van der Waals surface area contributed by atoms with Gasteiger partial charge < -0.3 is 40.4 Å². The van der Waals surface area contributed by atoms with E-state index in [0.717, 1.165) is 40.7 Å². The average Bonchev–Trinajstić information content (AvgIpc) is 4.02. The fourth-order valence-corrected chi connectivity index (χ4v) is 7.93. The van der Waals surface area contributed by atoms with Gasteiger partial charge in [0.25, 0.3) is 5.91 Å². The molecule has 5 N–H and O–H groups in total. The van der Waals surface area contributed by atoms with Crippen LogP contribution in [-0.2, 0) is 48.2 Å². The number of anilines is 1. The largest absolute Gasteiger partial charge is 0.489 e. The highest BCUT2D eigenvalue weighted by Crippen LogP contribution is 2.39. The second kappa shape index (κ2) is 24.0. The van der Waals surface area contributed by atoms with Crippen LogP contribution in [0.2, 0.25) is 0 Å². The molecule has 4 aromatic rings. The number of rotatable bonds is 21. The number of halogens is 1. The maximum absolute atomic E-state index is 15.4. The number of aromatic nitrogens is 2. The fraction of sp³-hybridized carbons (Fsp3) is 0.422. The van der Waals surface area contributed by atoms with Crippen molar-refractivity contribution in [3.8, 4) is 5.75 Å². The first kappa shape index (κ1) is 52.7. The highest BCUT2D eigenvalue weighted by molar-refractivity contribution is 6.07. The summed E-state index contributed by atoms with van der Waals surface area (Å²) < 4.78 is 10.7. The van der Waals surface area contributed by atoms with Gasteiger partial charge in [-0.1, -0.05) is 68.8 Å². The van der Waals surface area contributed by atoms with E-state index in [1.165, 1.54) is 31.4 Å². The Morgan fingerprint density at radius 3 is 2.25 bits per heavy atom. The van der Waals surface area contributed by atoms with Crippen LogP contribution in [0, 0.1) is 26.1 Å². The Morgan fingerprint density at radius 1 is 0.985 bits per heavy atom. The normalized spacial score (nSPS) is 15.9. The van der Waals surface area contributed by atoms with E-state index in [-0.39, 0.29) is 50.3 Å². The summed E-state index contributed by atoms with van der Waals surface area (Å²) in [5, 5.41) is 38.3. The summed E-state index contributed by atoms with van der Waals surface area (Å²) in [6, 6.07) is 12.4. The topological polar surface area (TPSA) is 287 Å². The highest BCUT2D eigenvalue weighted by Gasteiger charge is 2.48. The van der Waals surface area contributed by atoms with E-state index >= 15 is 9.59 Å². The first-order valence-electron chi connectivity index (χ1n) is 21.4. The number of likely N-dealkylation sites (tertiary alicyclic amines) is 1. The number of nitrogens with zero attached hydrogens (tertiary/aromatic N) is 6. The number of nitrogens with two attached hydrogens (primary N) is 1. The number of methoxy groups -OCH3 is 1. The minimum Gasteiger partial charge on any atom is -0.489 e. The number of carbonyl (C=O) groups is 5. The van der Waals surface area contributed by atoms with Gasteiger partial charge in [-0.05, 0) is 61.4 Å². The quantitative estimate of drug-likeness (QED) is 0.0527. The number of esters is 1. The third-order valence-electron chi connectivity index (χ3n) is 11.7. The molecule has 0 bridgehead atoms. The lowest BCUT2D eigenvalue weighted by molar-refractivity contribution is -0.422. The molecular weight excluding hydrogens is 894 g/mol. The zero-order chi connectivity index (χ0) is 48.2. The number of para-hydroxylation sites is 1. The van der Waals surface area contributed by atoms with Gasteiger partial charge in [-0.15, -0.1) is 12.4 Å². The molecular formula is C45H56ClN9O12. The van der Waals surface area contributed by atoms with Crippen LogP contribution in [0.25, 0.3) is 0 Å². The molecule has 0 saturated carbocycles. The van der Waals surface area contributed by atoms with E-state index in [1.807, 2.05) is 30.3 Å². The van der Waals surface area contributed by atoms with E-state index in [0.29, 0.717) is 17.9 Å².